The summed E-state index contributed by atoms with van der Waals surface area (Å²) in [7, 11) is 3.18. The molecule has 7 heteroatoms. The minimum atomic E-state index is -0.740. The number of carbonyl (C=O) groups excluding carboxylic acids is 2. The summed E-state index contributed by atoms with van der Waals surface area (Å²) < 4.78 is 16.6. The van der Waals surface area contributed by atoms with Crippen molar-refractivity contribution in [3.63, 3.8) is 0 Å². The third kappa shape index (κ3) is 5.33. The molecule has 0 spiro atoms. The van der Waals surface area contributed by atoms with Crippen LogP contribution in [-0.4, -0.2) is 44.7 Å². The SMILES string of the molecule is CCC(CC)NC(=O)C1CN(C(=O)CCc2ccc(OC)c(OC)c2)c2ccccc2O1. The summed E-state index contributed by atoms with van der Waals surface area (Å²) in [6, 6.07) is 13.1. The monoisotopic (exact) mass is 440 g/mol. The molecule has 7 nitrogen and oxygen atoms in total. The van der Waals surface area contributed by atoms with Gasteiger partial charge in [-0.05, 0) is 49.1 Å². The molecule has 32 heavy (non-hydrogen) atoms. The predicted octanol–water partition coefficient (Wildman–Crippen LogP) is 3.74. The highest BCUT2D eigenvalue weighted by atomic mass is 16.5. The standard InChI is InChI=1S/C25H32N2O5/c1-5-18(6-2)26-25(29)23-16-27(19-9-7-8-10-20(19)32-23)24(28)14-12-17-11-13-21(30-3)22(15-17)31-4/h7-11,13,15,18,23H,5-6,12,14,16H2,1-4H3,(H,26,29). The zero-order valence-corrected chi connectivity index (χ0v) is 19.2. The van der Waals surface area contributed by atoms with Crippen LogP contribution in [0.1, 0.15) is 38.7 Å². The number of aryl methyl sites for hydroxylation is 1. The Morgan fingerprint density at radius 1 is 1.09 bits per heavy atom. The summed E-state index contributed by atoms with van der Waals surface area (Å²) in [5, 5.41) is 3.03. The molecule has 0 radical (unpaired) electrons. The van der Waals surface area contributed by atoms with Gasteiger partial charge in [0.1, 0.15) is 5.75 Å². The minimum absolute atomic E-state index is 0.0594. The van der Waals surface area contributed by atoms with Gasteiger partial charge in [-0.3, -0.25) is 9.59 Å². The number of carbonyl (C=O) groups is 2. The first-order chi connectivity index (χ1) is 15.5. The Balaban J connectivity index is 1.73. The van der Waals surface area contributed by atoms with Crippen LogP contribution in [0, 0.1) is 0 Å². The van der Waals surface area contributed by atoms with Gasteiger partial charge in [-0.1, -0.05) is 32.0 Å². The van der Waals surface area contributed by atoms with Gasteiger partial charge in [0.15, 0.2) is 17.6 Å². The van der Waals surface area contributed by atoms with Gasteiger partial charge in [-0.15, -0.1) is 0 Å². The zero-order chi connectivity index (χ0) is 23.1. The second-order valence-electron chi connectivity index (χ2n) is 7.79. The molecule has 1 atom stereocenters. The molecule has 1 unspecified atom stereocenters. The number of para-hydroxylation sites is 2. The van der Waals surface area contributed by atoms with Crippen LogP contribution < -0.4 is 24.4 Å². The Morgan fingerprint density at radius 2 is 1.81 bits per heavy atom. The number of nitrogens with zero attached hydrogens (tertiary/aromatic N) is 1. The molecule has 1 aliphatic heterocycles. The van der Waals surface area contributed by atoms with Crippen LogP contribution in [0.15, 0.2) is 42.5 Å². The average molecular weight is 441 g/mol. The van der Waals surface area contributed by atoms with E-state index in [9.17, 15) is 9.59 Å². The lowest BCUT2D eigenvalue weighted by Gasteiger charge is -2.34. The van der Waals surface area contributed by atoms with Crippen LogP contribution in [-0.2, 0) is 16.0 Å². The number of benzene rings is 2. The molecule has 0 saturated carbocycles. The molecule has 2 amide bonds. The van der Waals surface area contributed by atoms with E-state index in [1.807, 2.05) is 50.2 Å². The first-order valence-electron chi connectivity index (χ1n) is 11.1. The van der Waals surface area contributed by atoms with Gasteiger partial charge in [0.2, 0.25) is 5.91 Å². The molecule has 1 aliphatic rings. The fraction of sp³-hybridized carbons (Fsp3) is 0.440. The molecular formula is C25H32N2O5. The number of rotatable bonds is 9. The minimum Gasteiger partial charge on any atom is -0.493 e. The summed E-state index contributed by atoms with van der Waals surface area (Å²) in [6.07, 6.45) is 1.79. The van der Waals surface area contributed by atoms with E-state index >= 15 is 0 Å². The smallest absolute Gasteiger partial charge is 0.263 e. The first-order valence-corrected chi connectivity index (χ1v) is 11.1. The van der Waals surface area contributed by atoms with E-state index in [1.54, 1.807) is 25.2 Å². The number of hydrogen-bond donors (Lipinski definition) is 1. The van der Waals surface area contributed by atoms with Crippen LogP contribution in [0.25, 0.3) is 0 Å². The molecule has 172 valence electrons. The largest absolute Gasteiger partial charge is 0.493 e. The van der Waals surface area contributed by atoms with Gasteiger partial charge in [0, 0.05) is 12.5 Å². The Morgan fingerprint density at radius 3 is 2.50 bits per heavy atom. The topological polar surface area (TPSA) is 77.1 Å². The number of amides is 2. The van der Waals surface area contributed by atoms with Crippen LogP contribution in [0.5, 0.6) is 17.2 Å². The lowest BCUT2D eigenvalue weighted by atomic mass is 10.1. The highest BCUT2D eigenvalue weighted by Gasteiger charge is 2.34. The van der Waals surface area contributed by atoms with E-state index in [0.29, 0.717) is 35.8 Å². The van der Waals surface area contributed by atoms with Crippen molar-refractivity contribution in [2.24, 2.45) is 0 Å². The Labute approximate surface area is 189 Å². The van der Waals surface area contributed by atoms with Crippen molar-refractivity contribution in [3.05, 3.63) is 48.0 Å². The third-order valence-corrected chi connectivity index (χ3v) is 5.77. The predicted molar refractivity (Wildman–Crippen MR) is 124 cm³/mol. The van der Waals surface area contributed by atoms with Crippen LogP contribution in [0.3, 0.4) is 0 Å². The first kappa shape index (κ1) is 23.4. The number of ether oxygens (including phenoxy) is 3. The Kier molecular flexibility index (Phi) is 7.98. The Hall–Kier alpha value is -3.22. The number of methoxy groups -OCH3 is 2. The zero-order valence-electron chi connectivity index (χ0n) is 19.2. The third-order valence-electron chi connectivity index (χ3n) is 5.77. The maximum atomic E-state index is 13.2. The fourth-order valence-corrected chi connectivity index (χ4v) is 3.82. The van der Waals surface area contributed by atoms with Gasteiger partial charge in [-0.2, -0.15) is 0 Å². The normalized spacial score (nSPS) is 15.0. The summed E-state index contributed by atoms with van der Waals surface area (Å²) in [5.74, 6) is 1.58. The summed E-state index contributed by atoms with van der Waals surface area (Å²) in [5.41, 5.74) is 1.66. The summed E-state index contributed by atoms with van der Waals surface area (Å²) in [4.78, 5) is 27.7. The van der Waals surface area contributed by atoms with Crippen molar-refractivity contribution >= 4 is 17.5 Å². The average Bonchev–Trinajstić information content (AvgIpc) is 2.84. The van der Waals surface area contributed by atoms with E-state index < -0.39 is 6.10 Å². The summed E-state index contributed by atoms with van der Waals surface area (Å²) in [6.45, 7) is 4.26. The molecule has 0 fully saturated rings. The van der Waals surface area contributed by atoms with Crippen molar-refractivity contribution in [2.45, 2.75) is 51.7 Å². The molecule has 0 aromatic heterocycles. The molecule has 0 bridgehead atoms. The van der Waals surface area contributed by atoms with E-state index in [2.05, 4.69) is 5.32 Å². The number of hydrogen-bond acceptors (Lipinski definition) is 5. The second-order valence-corrected chi connectivity index (χ2v) is 7.79. The van der Waals surface area contributed by atoms with Gasteiger partial charge < -0.3 is 24.4 Å². The van der Waals surface area contributed by atoms with Gasteiger partial charge in [0.25, 0.3) is 5.91 Å². The number of anilines is 1. The number of fused-ring (bicyclic) bond motifs is 1. The molecule has 0 aliphatic carbocycles. The molecular weight excluding hydrogens is 408 g/mol. The van der Waals surface area contributed by atoms with Crippen LogP contribution in [0.2, 0.25) is 0 Å². The molecule has 1 heterocycles. The van der Waals surface area contributed by atoms with Crippen LogP contribution >= 0.6 is 0 Å². The second kappa shape index (κ2) is 10.9. The van der Waals surface area contributed by atoms with Crippen molar-refractivity contribution in [2.75, 3.05) is 25.7 Å². The number of nitrogens with one attached hydrogen (secondary N) is 1. The molecule has 3 rings (SSSR count). The molecule has 1 N–H and O–H groups in total. The fourth-order valence-electron chi connectivity index (χ4n) is 3.82. The highest BCUT2D eigenvalue weighted by Crippen LogP contribution is 2.34. The van der Waals surface area contributed by atoms with Crippen molar-refractivity contribution < 1.29 is 23.8 Å². The molecule has 0 saturated heterocycles. The maximum absolute atomic E-state index is 13.2. The van der Waals surface area contributed by atoms with E-state index in [1.165, 1.54) is 0 Å². The Bertz CT molecular complexity index is 942. The maximum Gasteiger partial charge on any atom is 0.263 e. The lowest BCUT2D eigenvalue weighted by Crippen LogP contribution is -2.52. The lowest BCUT2D eigenvalue weighted by molar-refractivity contribution is -0.129. The summed E-state index contributed by atoms with van der Waals surface area (Å²) >= 11 is 0. The van der Waals surface area contributed by atoms with Gasteiger partial charge in [-0.25, -0.2) is 0 Å². The van der Waals surface area contributed by atoms with Gasteiger partial charge in [0.05, 0.1) is 26.5 Å². The van der Waals surface area contributed by atoms with Crippen molar-refractivity contribution in [1.82, 2.24) is 5.32 Å². The van der Waals surface area contributed by atoms with E-state index in [0.717, 1.165) is 18.4 Å². The van der Waals surface area contributed by atoms with E-state index in [-0.39, 0.29) is 24.4 Å². The van der Waals surface area contributed by atoms with Crippen LogP contribution in [0.4, 0.5) is 5.69 Å². The molecule has 2 aromatic carbocycles. The quantitative estimate of drug-likeness (QED) is 0.643. The highest BCUT2D eigenvalue weighted by molar-refractivity contribution is 5.97. The molecule has 2 aromatic rings. The van der Waals surface area contributed by atoms with E-state index in [4.69, 9.17) is 14.2 Å². The van der Waals surface area contributed by atoms with Crippen molar-refractivity contribution in [3.8, 4) is 17.2 Å². The van der Waals surface area contributed by atoms with Crippen molar-refractivity contribution in [1.29, 1.82) is 0 Å². The van der Waals surface area contributed by atoms with Gasteiger partial charge >= 0.3 is 0 Å².